The molecule has 0 spiro atoms. The summed E-state index contributed by atoms with van der Waals surface area (Å²) in [4.78, 5) is 27.0. The van der Waals surface area contributed by atoms with Crippen LogP contribution in [0.5, 0.6) is 0 Å². The number of likely N-dealkylation sites (tertiary alicyclic amines) is 1. The minimum atomic E-state index is -1.85. The molecule has 18 nitrogen and oxygen atoms in total. The molecular formula is C24H41N3O15. The number of amides is 2. The summed E-state index contributed by atoms with van der Waals surface area (Å²) >= 11 is 0. The fourth-order valence-electron chi connectivity index (χ4n) is 5.68. The van der Waals surface area contributed by atoms with Crippen LogP contribution in [0.15, 0.2) is 0 Å². The zero-order chi connectivity index (χ0) is 30.9. The van der Waals surface area contributed by atoms with Crippen LogP contribution < -0.4 is 11.5 Å². The second-order valence-electron chi connectivity index (χ2n) is 10.9. The van der Waals surface area contributed by atoms with Gasteiger partial charge in [-0.1, -0.05) is 0 Å². The molecule has 0 aromatic rings. The van der Waals surface area contributed by atoms with Crippen molar-refractivity contribution in [2.75, 3.05) is 19.8 Å². The number of ether oxygens (including phenoxy) is 5. The van der Waals surface area contributed by atoms with Crippen LogP contribution in [0.2, 0.25) is 0 Å². The molecule has 2 unspecified atom stereocenters. The third-order valence-corrected chi connectivity index (χ3v) is 8.12. The Hall–Kier alpha value is -1.46. The number of aliphatic hydroxyl groups excluding tert-OH is 8. The third kappa shape index (κ3) is 6.48. The minimum Gasteiger partial charge on any atom is -0.394 e. The molecule has 18 heteroatoms. The Kier molecular flexibility index (Phi) is 11.2. The Morgan fingerprint density at radius 2 is 1.17 bits per heavy atom. The van der Waals surface area contributed by atoms with Crippen LogP contribution in [-0.2, 0) is 33.3 Å². The molecule has 242 valence electrons. The maximum absolute atomic E-state index is 13.1. The summed E-state index contributed by atoms with van der Waals surface area (Å²) < 4.78 is 28.3. The highest BCUT2D eigenvalue weighted by Crippen LogP contribution is 2.35. The van der Waals surface area contributed by atoms with Gasteiger partial charge in [-0.3, -0.25) is 14.5 Å². The van der Waals surface area contributed by atoms with Crippen LogP contribution in [0.3, 0.4) is 0 Å². The van der Waals surface area contributed by atoms with Crippen LogP contribution in [0.4, 0.5) is 0 Å². The largest absolute Gasteiger partial charge is 0.394 e. The first kappa shape index (κ1) is 33.4. The number of hydrogen-bond donors (Lipinski definition) is 10. The second kappa shape index (κ2) is 14.1. The molecule has 4 saturated heterocycles. The van der Waals surface area contributed by atoms with E-state index in [0.29, 0.717) is 12.8 Å². The molecule has 4 heterocycles. The first-order chi connectivity index (χ1) is 19.9. The fraction of sp³-hybridized carbons (Fsp3) is 0.917. The number of carbonyl (C=O) groups excluding carboxylic acids is 2. The lowest BCUT2D eigenvalue weighted by Gasteiger charge is -2.51. The van der Waals surface area contributed by atoms with Crippen molar-refractivity contribution in [1.82, 2.24) is 4.90 Å². The molecule has 12 N–H and O–H groups in total. The maximum atomic E-state index is 13.1. The van der Waals surface area contributed by atoms with Gasteiger partial charge in [-0.05, 0) is 12.8 Å². The average molecular weight is 612 g/mol. The van der Waals surface area contributed by atoms with Gasteiger partial charge in [0.05, 0.1) is 31.9 Å². The Labute approximate surface area is 240 Å². The normalized spacial score (nSPS) is 47.4. The number of carbonyl (C=O) groups is 2. The molecule has 0 aliphatic carbocycles. The lowest BCUT2D eigenvalue weighted by molar-refractivity contribution is -0.355. The van der Waals surface area contributed by atoms with Crippen LogP contribution >= 0.6 is 0 Å². The Morgan fingerprint density at radius 3 is 1.74 bits per heavy atom. The van der Waals surface area contributed by atoms with Gasteiger partial charge in [0, 0.05) is 12.8 Å². The van der Waals surface area contributed by atoms with Crippen molar-refractivity contribution in [3.8, 4) is 0 Å². The van der Waals surface area contributed by atoms with Crippen LogP contribution in [0, 0.1) is 0 Å². The van der Waals surface area contributed by atoms with Crippen LogP contribution in [0.25, 0.3) is 0 Å². The summed E-state index contributed by atoms with van der Waals surface area (Å²) in [6, 6.07) is -4.42. The van der Waals surface area contributed by atoms with E-state index in [1.165, 1.54) is 0 Å². The number of imide groups is 1. The molecule has 0 saturated carbocycles. The van der Waals surface area contributed by atoms with Gasteiger partial charge in [-0.15, -0.1) is 0 Å². The van der Waals surface area contributed by atoms with E-state index >= 15 is 0 Å². The van der Waals surface area contributed by atoms with Crippen LogP contribution in [-0.4, -0.2) is 169 Å². The molecule has 4 fully saturated rings. The van der Waals surface area contributed by atoms with Gasteiger partial charge in [-0.25, -0.2) is 0 Å². The molecule has 2 amide bonds. The van der Waals surface area contributed by atoms with Crippen molar-refractivity contribution in [1.29, 1.82) is 0 Å². The Balaban J connectivity index is 1.67. The van der Waals surface area contributed by atoms with Gasteiger partial charge in [0.1, 0.15) is 61.0 Å². The van der Waals surface area contributed by atoms with Crippen LogP contribution in [0.1, 0.15) is 25.7 Å². The number of hydrogen-bond acceptors (Lipinski definition) is 17. The molecule has 0 radical (unpaired) electrons. The quantitative estimate of drug-likeness (QED) is 0.114. The monoisotopic (exact) mass is 611 g/mol. The Bertz CT molecular complexity index is 912. The molecule has 0 bridgehead atoms. The molecule has 0 aromatic carbocycles. The van der Waals surface area contributed by atoms with Gasteiger partial charge in [-0.2, -0.15) is 0 Å². The average Bonchev–Trinajstić information content (AvgIpc) is 3.13. The molecule has 42 heavy (non-hydrogen) atoms. The number of rotatable bonds is 8. The highest BCUT2D eigenvalue weighted by atomic mass is 16.7. The topological polar surface area (TPSA) is 297 Å². The third-order valence-electron chi connectivity index (χ3n) is 8.12. The van der Waals surface area contributed by atoms with E-state index in [9.17, 15) is 50.4 Å². The zero-order valence-corrected chi connectivity index (χ0v) is 22.6. The second-order valence-corrected chi connectivity index (χ2v) is 10.9. The molecule has 4 rings (SSSR count). The van der Waals surface area contributed by atoms with Crippen molar-refractivity contribution in [2.45, 2.75) is 118 Å². The summed E-state index contributed by atoms with van der Waals surface area (Å²) in [6.45, 7) is -2.29. The summed E-state index contributed by atoms with van der Waals surface area (Å²) in [5.74, 6) is -1.34. The van der Waals surface area contributed by atoms with Crippen molar-refractivity contribution >= 4 is 11.8 Å². The highest BCUT2D eigenvalue weighted by molar-refractivity contribution is 5.96. The molecular weight excluding hydrogens is 570 g/mol. The molecule has 4 aliphatic heterocycles. The Morgan fingerprint density at radius 1 is 0.667 bits per heavy atom. The lowest BCUT2D eigenvalue weighted by Crippen LogP contribution is -2.71. The van der Waals surface area contributed by atoms with E-state index in [1.54, 1.807) is 0 Å². The summed E-state index contributed by atoms with van der Waals surface area (Å²) in [7, 11) is 0. The zero-order valence-electron chi connectivity index (χ0n) is 22.6. The van der Waals surface area contributed by atoms with E-state index in [1.807, 2.05) is 0 Å². The summed E-state index contributed by atoms with van der Waals surface area (Å²) in [5, 5.41) is 82.3. The van der Waals surface area contributed by atoms with Gasteiger partial charge in [0.2, 0.25) is 11.8 Å². The SMILES string of the molecule is N[C@H]1[C@H](OC2[C@@H](CO)O[C@@H](OC3[C@@H](CO)O[C@@H](O)[C@H](N)[C@H]3O)[C@H](N3C(=O)CCCCC3=O)[C@H]2O)O[C@H](CO)[C@@H](O)[C@@H]1O. The molecule has 0 aromatic heterocycles. The first-order valence-corrected chi connectivity index (χ1v) is 13.8. The van der Waals surface area contributed by atoms with E-state index in [0.717, 1.165) is 4.90 Å². The maximum Gasteiger partial charge on any atom is 0.229 e. The lowest BCUT2D eigenvalue weighted by atomic mass is 9.93. The van der Waals surface area contributed by atoms with E-state index in [2.05, 4.69) is 0 Å². The number of nitrogens with zero attached hydrogens (tertiary/aromatic N) is 1. The smallest absolute Gasteiger partial charge is 0.229 e. The highest BCUT2D eigenvalue weighted by Gasteiger charge is 2.56. The van der Waals surface area contributed by atoms with E-state index < -0.39 is 124 Å². The van der Waals surface area contributed by atoms with Crippen molar-refractivity contribution in [3.05, 3.63) is 0 Å². The fourth-order valence-corrected chi connectivity index (χ4v) is 5.68. The van der Waals surface area contributed by atoms with Gasteiger partial charge in [0.15, 0.2) is 18.9 Å². The number of aliphatic hydroxyl groups is 8. The number of nitrogens with two attached hydrogens (primary N) is 2. The van der Waals surface area contributed by atoms with Crippen molar-refractivity contribution in [3.63, 3.8) is 0 Å². The molecule has 4 aliphatic rings. The minimum absolute atomic E-state index is 0.0546. The van der Waals surface area contributed by atoms with E-state index in [4.69, 9.17) is 35.2 Å². The standard InChI is InChI=1S/C24H41N3O15/c25-13-18(35)20(9(6-29)38-22(13)37)42-24-15(27-11(31)3-1-2-4-12(27)32)19(36)21(10(7-30)40-24)41-23-14(26)17(34)16(33)8(5-28)39-23/h8-10,13-24,28-30,33-37H,1-7,25-26H2/t8-,9-,10-,13-,14-,15-,16-,17-,18-,19-,20?,21?,22-,23+,24+/m1/s1. The van der Waals surface area contributed by atoms with Gasteiger partial charge in [0.25, 0.3) is 0 Å². The van der Waals surface area contributed by atoms with Crippen molar-refractivity contribution in [2.24, 2.45) is 11.5 Å². The predicted octanol–water partition coefficient (Wildman–Crippen LogP) is -6.70. The predicted molar refractivity (Wildman–Crippen MR) is 133 cm³/mol. The van der Waals surface area contributed by atoms with Crippen molar-refractivity contribution < 1.29 is 74.1 Å². The molecule has 15 atom stereocenters. The summed E-state index contributed by atoms with van der Waals surface area (Å²) in [5.41, 5.74) is 11.8. The van der Waals surface area contributed by atoms with Gasteiger partial charge < -0.3 is 76.0 Å². The summed E-state index contributed by atoms with van der Waals surface area (Å²) in [6.07, 6.45) is -18.1. The first-order valence-electron chi connectivity index (χ1n) is 13.8. The van der Waals surface area contributed by atoms with E-state index in [-0.39, 0.29) is 12.8 Å². The van der Waals surface area contributed by atoms with Gasteiger partial charge >= 0.3 is 0 Å².